The summed E-state index contributed by atoms with van der Waals surface area (Å²) in [4.78, 5) is 23.1. The number of carbonyl (C=O) groups excluding carboxylic acids is 2. The lowest BCUT2D eigenvalue weighted by Crippen LogP contribution is -2.26. The van der Waals surface area contributed by atoms with Crippen LogP contribution in [-0.2, 0) is 9.53 Å². The van der Waals surface area contributed by atoms with Crippen molar-refractivity contribution in [3.63, 3.8) is 0 Å². The SMILES string of the molecule is CCOC(=O)CCNC(=O)c1cccc(OCC(C)C)c1. The molecule has 5 nitrogen and oxygen atoms in total. The van der Waals surface area contributed by atoms with Crippen LogP contribution in [0.3, 0.4) is 0 Å². The van der Waals surface area contributed by atoms with Gasteiger partial charge >= 0.3 is 5.97 Å². The van der Waals surface area contributed by atoms with Crippen molar-refractivity contribution >= 4 is 11.9 Å². The van der Waals surface area contributed by atoms with Crippen molar-refractivity contribution < 1.29 is 19.1 Å². The standard InChI is InChI=1S/C16H23NO4/c1-4-20-15(18)8-9-17-16(19)13-6-5-7-14(10-13)21-11-12(2)3/h5-7,10,12H,4,8-9,11H2,1-3H3,(H,17,19). The summed E-state index contributed by atoms with van der Waals surface area (Å²) in [6, 6.07) is 7.00. The molecule has 0 aromatic heterocycles. The van der Waals surface area contributed by atoms with Crippen molar-refractivity contribution in [1.29, 1.82) is 0 Å². The van der Waals surface area contributed by atoms with E-state index in [0.29, 0.717) is 30.4 Å². The number of benzene rings is 1. The molecule has 1 amide bonds. The molecule has 0 unspecified atom stereocenters. The molecule has 1 aromatic rings. The summed E-state index contributed by atoms with van der Waals surface area (Å²) < 4.78 is 10.4. The Morgan fingerprint density at radius 1 is 1.29 bits per heavy atom. The molecule has 0 heterocycles. The zero-order valence-corrected chi connectivity index (χ0v) is 12.8. The Labute approximate surface area is 125 Å². The Balaban J connectivity index is 2.46. The van der Waals surface area contributed by atoms with Crippen LogP contribution in [0.2, 0.25) is 0 Å². The molecule has 116 valence electrons. The van der Waals surface area contributed by atoms with Crippen molar-refractivity contribution in [3.8, 4) is 5.75 Å². The molecule has 0 aliphatic carbocycles. The average Bonchev–Trinajstić information content (AvgIpc) is 2.45. The number of nitrogens with one attached hydrogen (secondary N) is 1. The van der Waals surface area contributed by atoms with Crippen LogP contribution in [0.15, 0.2) is 24.3 Å². The molecule has 0 aliphatic rings. The van der Waals surface area contributed by atoms with Gasteiger partial charge in [0.05, 0.1) is 19.6 Å². The van der Waals surface area contributed by atoms with Gasteiger partial charge in [-0.15, -0.1) is 0 Å². The molecule has 0 fully saturated rings. The fraction of sp³-hybridized carbons (Fsp3) is 0.500. The quantitative estimate of drug-likeness (QED) is 0.748. The van der Waals surface area contributed by atoms with Gasteiger partial charge in [-0.1, -0.05) is 19.9 Å². The summed E-state index contributed by atoms with van der Waals surface area (Å²) in [5, 5.41) is 2.69. The summed E-state index contributed by atoms with van der Waals surface area (Å²) in [5.41, 5.74) is 0.514. The van der Waals surface area contributed by atoms with Gasteiger partial charge in [0, 0.05) is 12.1 Å². The van der Waals surface area contributed by atoms with E-state index in [9.17, 15) is 9.59 Å². The lowest BCUT2D eigenvalue weighted by molar-refractivity contribution is -0.142. The summed E-state index contributed by atoms with van der Waals surface area (Å²) in [6.07, 6.45) is 0.170. The summed E-state index contributed by atoms with van der Waals surface area (Å²) >= 11 is 0. The van der Waals surface area contributed by atoms with E-state index in [2.05, 4.69) is 19.2 Å². The predicted molar refractivity (Wildman–Crippen MR) is 80.4 cm³/mol. The van der Waals surface area contributed by atoms with Gasteiger partial charge < -0.3 is 14.8 Å². The number of hydrogen-bond donors (Lipinski definition) is 1. The van der Waals surface area contributed by atoms with Gasteiger partial charge in [-0.3, -0.25) is 9.59 Å². The molecule has 5 heteroatoms. The maximum Gasteiger partial charge on any atom is 0.307 e. The zero-order chi connectivity index (χ0) is 15.7. The van der Waals surface area contributed by atoms with Crippen LogP contribution in [0.5, 0.6) is 5.75 Å². The highest BCUT2D eigenvalue weighted by Crippen LogP contribution is 2.14. The van der Waals surface area contributed by atoms with E-state index in [1.54, 1.807) is 25.1 Å². The molecule has 0 saturated heterocycles. The minimum absolute atomic E-state index is 0.170. The van der Waals surface area contributed by atoms with E-state index in [0.717, 1.165) is 0 Å². The first kappa shape index (κ1) is 17.0. The van der Waals surface area contributed by atoms with E-state index < -0.39 is 0 Å². The maximum absolute atomic E-state index is 12.0. The normalized spacial score (nSPS) is 10.3. The zero-order valence-electron chi connectivity index (χ0n) is 12.8. The first-order chi connectivity index (χ1) is 10.0. The van der Waals surface area contributed by atoms with Crippen LogP contribution >= 0.6 is 0 Å². The largest absolute Gasteiger partial charge is 0.493 e. The molecule has 1 N–H and O–H groups in total. The lowest BCUT2D eigenvalue weighted by Gasteiger charge is -2.10. The van der Waals surface area contributed by atoms with Crippen molar-refractivity contribution in [3.05, 3.63) is 29.8 Å². The van der Waals surface area contributed by atoms with E-state index in [1.807, 2.05) is 6.07 Å². The number of hydrogen-bond acceptors (Lipinski definition) is 4. The molecule has 0 spiro atoms. The number of amides is 1. The topological polar surface area (TPSA) is 64.6 Å². The molecule has 0 saturated carbocycles. The van der Waals surface area contributed by atoms with Crippen LogP contribution in [0.1, 0.15) is 37.6 Å². The molecule has 1 aromatic carbocycles. The van der Waals surface area contributed by atoms with Gasteiger partial charge in [0.2, 0.25) is 0 Å². The van der Waals surface area contributed by atoms with Gasteiger partial charge in [0.25, 0.3) is 5.91 Å². The fourth-order valence-electron chi connectivity index (χ4n) is 1.60. The third-order valence-corrected chi connectivity index (χ3v) is 2.60. The lowest BCUT2D eigenvalue weighted by atomic mass is 10.2. The van der Waals surface area contributed by atoms with Gasteiger partial charge in [0.1, 0.15) is 5.75 Å². The summed E-state index contributed by atoms with van der Waals surface area (Å²) in [5.74, 6) is 0.551. The van der Waals surface area contributed by atoms with Gasteiger partial charge in [-0.2, -0.15) is 0 Å². The van der Waals surface area contributed by atoms with Gasteiger partial charge in [-0.25, -0.2) is 0 Å². The minimum Gasteiger partial charge on any atom is -0.493 e. The fourth-order valence-corrected chi connectivity index (χ4v) is 1.60. The second kappa shape index (κ2) is 9.00. The Morgan fingerprint density at radius 3 is 2.71 bits per heavy atom. The highest BCUT2D eigenvalue weighted by molar-refractivity contribution is 5.94. The smallest absolute Gasteiger partial charge is 0.307 e. The average molecular weight is 293 g/mol. The van der Waals surface area contributed by atoms with Gasteiger partial charge in [0.15, 0.2) is 0 Å². The maximum atomic E-state index is 12.0. The van der Waals surface area contributed by atoms with Gasteiger partial charge in [-0.05, 0) is 31.0 Å². The van der Waals surface area contributed by atoms with Crippen molar-refractivity contribution in [2.45, 2.75) is 27.2 Å². The molecule has 0 atom stereocenters. The van der Waals surface area contributed by atoms with Crippen molar-refractivity contribution in [1.82, 2.24) is 5.32 Å². The Morgan fingerprint density at radius 2 is 2.05 bits per heavy atom. The second-order valence-corrected chi connectivity index (χ2v) is 5.04. The van der Waals surface area contributed by atoms with Crippen LogP contribution in [0, 0.1) is 5.92 Å². The van der Waals surface area contributed by atoms with Crippen LogP contribution in [0.25, 0.3) is 0 Å². The molecule has 1 rings (SSSR count). The summed E-state index contributed by atoms with van der Waals surface area (Å²) in [6.45, 7) is 7.09. The number of carbonyl (C=O) groups is 2. The van der Waals surface area contributed by atoms with E-state index in [-0.39, 0.29) is 24.8 Å². The Bertz CT molecular complexity index is 471. The van der Waals surface area contributed by atoms with Crippen LogP contribution < -0.4 is 10.1 Å². The highest BCUT2D eigenvalue weighted by Gasteiger charge is 2.08. The van der Waals surface area contributed by atoms with Crippen molar-refractivity contribution in [2.24, 2.45) is 5.92 Å². The minimum atomic E-state index is -0.313. The molecule has 0 aliphatic heterocycles. The third kappa shape index (κ3) is 6.79. The number of rotatable bonds is 8. The summed E-state index contributed by atoms with van der Waals surface area (Å²) in [7, 11) is 0. The van der Waals surface area contributed by atoms with E-state index in [4.69, 9.17) is 9.47 Å². The molecule has 21 heavy (non-hydrogen) atoms. The predicted octanol–water partition coefficient (Wildman–Crippen LogP) is 2.40. The highest BCUT2D eigenvalue weighted by atomic mass is 16.5. The van der Waals surface area contributed by atoms with Crippen LogP contribution in [0.4, 0.5) is 0 Å². The van der Waals surface area contributed by atoms with E-state index >= 15 is 0 Å². The third-order valence-electron chi connectivity index (χ3n) is 2.60. The molecule has 0 radical (unpaired) electrons. The first-order valence-corrected chi connectivity index (χ1v) is 7.19. The Hall–Kier alpha value is -2.04. The van der Waals surface area contributed by atoms with E-state index in [1.165, 1.54) is 0 Å². The number of ether oxygens (including phenoxy) is 2. The van der Waals surface area contributed by atoms with Crippen molar-refractivity contribution in [2.75, 3.05) is 19.8 Å². The first-order valence-electron chi connectivity index (χ1n) is 7.19. The molecular formula is C16H23NO4. The molecule has 0 bridgehead atoms. The Kier molecular flexibility index (Phi) is 7.29. The second-order valence-electron chi connectivity index (χ2n) is 5.04. The monoisotopic (exact) mass is 293 g/mol. The number of esters is 1. The van der Waals surface area contributed by atoms with Crippen LogP contribution in [-0.4, -0.2) is 31.6 Å². The molecular weight excluding hydrogens is 270 g/mol.